The topological polar surface area (TPSA) is 58.4 Å². The molecule has 0 bridgehead atoms. The van der Waals surface area contributed by atoms with Crippen LogP contribution >= 0.6 is 0 Å². The monoisotopic (exact) mass is 211 g/mol. The minimum Gasteiger partial charge on any atom is -0.338 e. The second kappa shape index (κ2) is 3.76. The van der Waals surface area contributed by atoms with Crippen molar-refractivity contribution in [1.29, 1.82) is 0 Å². The van der Waals surface area contributed by atoms with E-state index < -0.39 is 0 Å². The van der Waals surface area contributed by atoms with Crippen molar-refractivity contribution in [3.63, 3.8) is 0 Å². The van der Waals surface area contributed by atoms with Crippen LogP contribution in [-0.4, -0.2) is 42.5 Å². The molecule has 0 spiro atoms. The molecule has 2 aliphatic rings. The van der Waals surface area contributed by atoms with Crippen LogP contribution in [-0.2, 0) is 4.79 Å². The molecule has 2 aliphatic heterocycles. The normalized spacial score (nSPS) is 41.1. The minimum absolute atomic E-state index is 0.159. The first kappa shape index (κ1) is 10.9. The number of carbonyl (C=O) groups is 1. The molecular formula is C11H21N3O. The summed E-state index contributed by atoms with van der Waals surface area (Å²) in [6.45, 7) is 6.71. The van der Waals surface area contributed by atoms with Crippen LogP contribution in [0, 0.1) is 5.41 Å². The van der Waals surface area contributed by atoms with E-state index in [0.29, 0.717) is 0 Å². The van der Waals surface area contributed by atoms with Gasteiger partial charge in [-0.2, -0.15) is 0 Å². The summed E-state index contributed by atoms with van der Waals surface area (Å²) in [4.78, 5) is 14.3. The number of hydrogen-bond acceptors (Lipinski definition) is 3. The van der Waals surface area contributed by atoms with Crippen LogP contribution in [0.1, 0.15) is 26.7 Å². The lowest BCUT2D eigenvalue weighted by molar-refractivity contribution is -0.140. The Labute approximate surface area is 91.2 Å². The standard InChI is InChI=1S/C11H21N3O/c1-8-9(12)3-6-14(8)10(15)11(2)4-5-13-7-11/h8-9,13H,3-7,12H2,1-2H3. The Morgan fingerprint density at radius 2 is 2.33 bits per heavy atom. The zero-order chi connectivity index (χ0) is 11.1. The number of likely N-dealkylation sites (tertiary alicyclic amines) is 1. The van der Waals surface area contributed by atoms with Crippen LogP contribution in [0.3, 0.4) is 0 Å². The van der Waals surface area contributed by atoms with Crippen molar-refractivity contribution >= 4 is 5.91 Å². The molecule has 3 atom stereocenters. The molecule has 2 saturated heterocycles. The highest BCUT2D eigenvalue weighted by atomic mass is 16.2. The molecular weight excluding hydrogens is 190 g/mol. The Morgan fingerprint density at radius 1 is 1.60 bits per heavy atom. The fourth-order valence-electron chi connectivity index (χ4n) is 2.60. The number of nitrogens with two attached hydrogens (primary N) is 1. The van der Waals surface area contributed by atoms with Crippen molar-refractivity contribution in [2.75, 3.05) is 19.6 Å². The van der Waals surface area contributed by atoms with Crippen molar-refractivity contribution in [3.05, 3.63) is 0 Å². The van der Waals surface area contributed by atoms with E-state index in [1.165, 1.54) is 0 Å². The minimum atomic E-state index is -0.196. The molecule has 4 heteroatoms. The highest BCUT2D eigenvalue weighted by molar-refractivity contribution is 5.83. The predicted octanol–water partition coefficient (Wildman–Crippen LogP) is -0.0659. The summed E-state index contributed by atoms with van der Waals surface area (Å²) in [7, 11) is 0. The Balaban J connectivity index is 2.08. The molecule has 4 nitrogen and oxygen atoms in total. The van der Waals surface area contributed by atoms with Gasteiger partial charge in [0, 0.05) is 25.2 Å². The molecule has 0 aliphatic carbocycles. The number of rotatable bonds is 1. The van der Waals surface area contributed by atoms with Gasteiger partial charge in [-0.25, -0.2) is 0 Å². The summed E-state index contributed by atoms with van der Waals surface area (Å²) in [5.74, 6) is 0.285. The molecule has 1 amide bonds. The molecule has 3 unspecified atom stereocenters. The van der Waals surface area contributed by atoms with Gasteiger partial charge in [0.2, 0.25) is 5.91 Å². The average molecular weight is 211 g/mol. The van der Waals surface area contributed by atoms with Crippen LogP contribution in [0.4, 0.5) is 0 Å². The molecule has 2 rings (SSSR count). The number of hydrogen-bond donors (Lipinski definition) is 2. The highest BCUT2D eigenvalue weighted by Crippen LogP contribution is 2.30. The molecule has 86 valence electrons. The molecule has 15 heavy (non-hydrogen) atoms. The summed E-state index contributed by atoms with van der Waals surface area (Å²) < 4.78 is 0. The van der Waals surface area contributed by atoms with Crippen molar-refractivity contribution < 1.29 is 4.79 Å². The fraction of sp³-hybridized carbons (Fsp3) is 0.909. The Hall–Kier alpha value is -0.610. The number of nitrogens with one attached hydrogen (secondary N) is 1. The van der Waals surface area contributed by atoms with Gasteiger partial charge in [-0.3, -0.25) is 4.79 Å². The maximum atomic E-state index is 12.4. The fourth-order valence-corrected chi connectivity index (χ4v) is 2.60. The lowest BCUT2D eigenvalue weighted by atomic mass is 9.88. The zero-order valence-corrected chi connectivity index (χ0v) is 9.62. The van der Waals surface area contributed by atoms with E-state index in [1.807, 2.05) is 4.90 Å². The molecule has 0 radical (unpaired) electrons. The average Bonchev–Trinajstić information content (AvgIpc) is 2.77. The Kier molecular flexibility index (Phi) is 2.73. The van der Waals surface area contributed by atoms with Gasteiger partial charge in [0.1, 0.15) is 0 Å². The summed E-state index contributed by atoms with van der Waals surface area (Å²) in [6.07, 6.45) is 1.89. The number of nitrogens with zero attached hydrogens (tertiary/aromatic N) is 1. The van der Waals surface area contributed by atoms with Crippen molar-refractivity contribution in [2.24, 2.45) is 11.1 Å². The smallest absolute Gasteiger partial charge is 0.230 e. The lowest BCUT2D eigenvalue weighted by Crippen LogP contribution is -2.47. The van der Waals surface area contributed by atoms with Gasteiger partial charge >= 0.3 is 0 Å². The highest BCUT2D eigenvalue weighted by Gasteiger charge is 2.43. The SMILES string of the molecule is CC1C(N)CCN1C(=O)C1(C)CCNC1. The van der Waals surface area contributed by atoms with Gasteiger partial charge in [-0.15, -0.1) is 0 Å². The van der Waals surface area contributed by atoms with Gasteiger partial charge in [0.25, 0.3) is 0 Å². The van der Waals surface area contributed by atoms with Crippen molar-refractivity contribution in [2.45, 2.75) is 38.8 Å². The van der Waals surface area contributed by atoms with Gasteiger partial charge in [-0.05, 0) is 33.2 Å². The first-order chi connectivity index (χ1) is 7.04. The Bertz CT molecular complexity index is 261. The van der Waals surface area contributed by atoms with Crippen LogP contribution in [0.2, 0.25) is 0 Å². The summed E-state index contributed by atoms with van der Waals surface area (Å²) in [5.41, 5.74) is 5.74. The van der Waals surface area contributed by atoms with Gasteiger partial charge in [0.15, 0.2) is 0 Å². The maximum Gasteiger partial charge on any atom is 0.230 e. The van der Waals surface area contributed by atoms with E-state index in [2.05, 4.69) is 19.2 Å². The van der Waals surface area contributed by atoms with E-state index in [4.69, 9.17) is 5.73 Å². The summed E-state index contributed by atoms with van der Waals surface area (Å²) >= 11 is 0. The van der Waals surface area contributed by atoms with Crippen molar-refractivity contribution in [1.82, 2.24) is 10.2 Å². The molecule has 2 heterocycles. The van der Waals surface area contributed by atoms with Gasteiger partial charge < -0.3 is 16.0 Å². The second-order valence-electron chi connectivity index (χ2n) is 5.18. The molecule has 2 fully saturated rings. The van der Waals surface area contributed by atoms with E-state index in [9.17, 15) is 4.79 Å². The largest absolute Gasteiger partial charge is 0.338 e. The van der Waals surface area contributed by atoms with E-state index >= 15 is 0 Å². The third-order valence-electron chi connectivity index (χ3n) is 3.96. The number of amides is 1. The zero-order valence-electron chi connectivity index (χ0n) is 9.62. The summed E-state index contributed by atoms with van der Waals surface area (Å²) in [5, 5.41) is 3.26. The van der Waals surface area contributed by atoms with Crippen LogP contribution in [0.15, 0.2) is 0 Å². The second-order valence-corrected chi connectivity index (χ2v) is 5.18. The quantitative estimate of drug-likeness (QED) is 0.638. The first-order valence-corrected chi connectivity index (χ1v) is 5.82. The van der Waals surface area contributed by atoms with Crippen LogP contribution in [0.5, 0.6) is 0 Å². The van der Waals surface area contributed by atoms with Crippen LogP contribution < -0.4 is 11.1 Å². The Morgan fingerprint density at radius 3 is 2.80 bits per heavy atom. The predicted molar refractivity (Wildman–Crippen MR) is 59.4 cm³/mol. The molecule has 0 saturated carbocycles. The molecule has 0 aromatic heterocycles. The van der Waals surface area contributed by atoms with Crippen molar-refractivity contribution in [3.8, 4) is 0 Å². The van der Waals surface area contributed by atoms with Gasteiger partial charge in [0.05, 0.1) is 5.41 Å². The van der Waals surface area contributed by atoms with Gasteiger partial charge in [-0.1, -0.05) is 0 Å². The van der Waals surface area contributed by atoms with E-state index in [1.54, 1.807) is 0 Å². The maximum absolute atomic E-state index is 12.4. The van der Waals surface area contributed by atoms with E-state index in [0.717, 1.165) is 32.5 Å². The first-order valence-electron chi connectivity index (χ1n) is 5.82. The number of carbonyl (C=O) groups excluding carboxylic acids is 1. The summed E-state index contributed by atoms with van der Waals surface area (Å²) in [6, 6.07) is 0.363. The lowest BCUT2D eigenvalue weighted by Gasteiger charge is -2.31. The molecule has 0 aromatic carbocycles. The molecule has 3 N–H and O–H groups in total. The third-order valence-corrected chi connectivity index (χ3v) is 3.96. The van der Waals surface area contributed by atoms with Crippen LogP contribution in [0.25, 0.3) is 0 Å². The molecule has 0 aromatic rings. The third kappa shape index (κ3) is 1.76. The van der Waals surface area contributed by atoms with E-state index in [-0.39, 0.29) is 23.4 Å².